The molecule has 5 nitrogen and oxygen atoms in total. The van der Waals surface area contributed by atoms with Crippen LogP contribution < -0.4 is 16.2 Å². The third-order valence-corrected chi connectivity index (χ3v) is 4.90. The fraction of sp³-hybridized carbons (Fsp3) is 0.538. The number of hydrogen-bond acceptors (Lipinski definition) is 3. The van der Waals surface area contributed by atoms with Gasteiger partial charge in [0.2, 0.25) is 5.56 Å². The van der Waals surface area contributed by atoms with Crippen LogP contribution in [0.3, 0.4) is 0 Å². The van der Waals surface area contributed by atoms with Gasteiger partial charge in [0.25, 0.3) is 5.91 Å². The van der Waals surface area contributed by atoms with Gasteiger partial charge < -0.3 is 15.6 Å². The van der Waals surface area contributed by atoms with Gasteiger partial charge in [-0.15, -0.1) is 0 Å². The van der Waals surface area contributed by atoms with Gasteiger partial charge in [0.05, 0.1) is 5.56 Å². The highest BCUT2D eigenvalue weighted by atomic mass is 79.9. The summed E-state index contributed by atoms with van der Waals surface area (Å²) in [5, 5.41) is 6.58. The van der Waals surface area contributed by atoms with Gasteiger partial charge in [0.1, 0.15) is 0 Å². The van der Waals surface area contributed by atoms with E-state index in [1.807, 2.05) is 0 Å². The predicted octanol–water partition coefficient (Wildman–Crippen LogP) is 1.15. The lowest BCUT2D eigenvalue weighted by molar-refractivity contribution is 0.0880. The maximum Gasteiger partial charge on any atom is 0.252 e. The van der Waals surface area contributed by atoms with Crippen molar-refractivity contribution in [2.75, 3.05) is 6.54 Å². The van der Waals surface area contributed by atoms with E-state index in [2.05, 4.69) is 31.5 Å². The number of hydrogen-bond donors (Lipinski definition) is 3. The number of halogens is 1. The first-order valence-electron chi connectivity index (χ1n) is 6.55. The van der Waals surface area contributed by atoms with Crippen molar-refractivity contribution in [3.8, 4) is 0 Å². The molecule has 1 spiro atoms. The third kappa shape index (κ3) is 2.23. The standard InChI is InChI=1S/C13H16BrN3O2/c14-9-7-15-11(18)6-8(9)12(19)17-10-2-5-16-13(10)3-1-4-13/h6-7,10,16H,1-5H2,(H,15,18)(H,17,19). The van der Waals surface area contributed by atoms with Crippen molar-refractivity contribution in [3.63, 3.8) is 0 Å². The van der Waals surface area contributed by atoms with Crippen LogP contribution in [-0.2, 0) is 0 Å². The number of carbonyl (C=O) groups excluding carboxylic acids is 1. The van der Waals surface area contributed by atoms with Gasteiger partial charge in [-0.2, -0.15) is 0 Å². The summed E-state index contributed by atoms with van der Waals surface area (Å²) in [6.07, 6.45) is 5.91. The summed E-state index contributed by atoms with van der Waals surface area (Å²) in [7, 11) is 0. The number of pyridine rings is 1. The van der Waals surface area contributed by atoms with Gasteiger partial charge in [-0.05, 0) is 48.2 Å². The number of aromatic amines is 1. The molecule has 1 amide bonds. The average Bonchev–Trinajstić information content (AvgIpc) is 2.75. The van der Waals surface area contributed by atoms with Crippen LogP contribution in [0.15, 0.2) is 21.5 Å². The minimum Gasteiger partial charge on any atom is -0.347 e. The lowest BCUT2D eigenvalue weighted by atomic mass is 9.73. The number of H-pyrrole nitrogens is 1. The zero-order valence-corrected chi connectivity index (χ0v) is 12.0. The van der Waals surface area contributed by atoms with Crippen LogP contribution in [-0.4, -0.2) is 29.0 Å². The molecule has 2 heterocycles. The molecule has 1 aliphatic heterocycles. The number of amides is 1. The van der Waals surface area contributed by atoms with Crippen LogP contribution in [0, 0.1) is 0 Å². The molecule has 1 unspecified atom stereocenters. The Labute approximate surface area is 119 Å². The largest absolute Gasteiger partial charge is 0.347 e. The highest BCUT2D eigenvalue weighted by Crippen LogP contribution is 2.39. The summed E-state index contributed by atoms with van der Waals surface area (Å²) in [6.45, 7) is 0.946. The molecular weight excluding hydrogens is 310 g/mol. The lowest BCUT2D eigenvalue weighted by Crippen LogP contribution is -2.59. The van der Waals surface area contributed by atoms with Crippen LogP contribution in [0.5, 0.6) is 0 Å². The highest BCUT2D eigenvalue weighted by molar-refractivity contribution is 9.10. The summed E-state index contributed by atoms with van der Waals surface area (Å²) in [4.78, 5) is 26.1. The molecule has 6 heteroatoms. The summed E-state index contributed by atoms with van der Waals surface area (Å²) in [5.74, 6) is -0.182. The van der Waals surface area contributed by atoms with Crippen molar-refractivity contribution in [3.05, 3.63) is 32.7 Å². The first kappa shape index (κ1) is 12.9. The maximum absolute atomic E-state index is 12.3. The molecule has 0 bridgehead atoms. The van der Waals surface area contributed by atoms with Crippen LogP contribution >= 0.6 is 15.9 Å². The Morgan fingerprint density at radius 2 is 2.26 bits per heavy atom. The molecule has 3 rings (SSSR count). The van der Waals surface area contributed by atoms with Gasteiger partial charge in [0.15, 0.2) is 0 Å². The van der Waals surface area contributed by atoms with E-state index in [9.17, 15) is 9.59 Å². The normalized spacial score (nSPS) is 24.2. The monoisotopic (exact) mass is 325 g/mol. The molecule has 1 saturated carbocycles. The van der Waals surface area contributed by atoms with Gasteiger partial charge in [-0.1, -0.05) is 0 Å². The fourth-order valence-electron chi connectivity index (χ4n) is 3.02. The lowest BCUT2D eigenvalue weighted by Gasteiger charge is -2.43. The van der Waals surface area contributed by atoms with Crippen molar-refractivity contribution in [1.29, 1.82) is 0 Å². The van der Waals surface area contributed by atoms with Crippen molar-refractivity contribution in [2.45, 2.75) is 37.3 Å². The van der Waals surface area contributed by atoms with Gasteiger partial charge in [0, 0.05) is 28.3 Å². The SMILES string of the molecule is O=C(NC1CCNC12CCC2)c1cc(=O)[nH]cc1Br. The van der Waals surface area contributed by atoms with Crippen molar-refractivity contribution in [1.82, 2.24) is 15.6 Å². The molecule has 1 aromatic rings. The second-order valence-corrected chi connectivity index (χ2v) is 6.16. The molecule has 1 aromatic heterocycles. The summed E-state index contributed by atoms with van der Waals surface area (Å²) in [6, 6.07) is 1.50. The van der Waals surface area contributed by atoms with E-state index in [1.54, 1.807) is 0 Å². The zero-order valence-electron chi connectivity index (χ0n) is 10.5. The average molecular weight is 326 g/mol. The Balaban J connectivity index is 1.78. The molecule has 3 N–H and O–H groups in total. The summed E-state index contributed by atoms with van der Waals surface area (Å²) < 4.78 is 0.609. The van der Waals surface area contributed by atoms with E-state index >= 15 is 0 Å². The Kier molecular flexibility index (Phi) is 3.22. The maximum atomic E-state index is 12.3. The number of rotatable bonds is 2. The molecule has 102 valence electrons. The fourth-order valence-corrected chi connectivity index (χ4v) is 3.43. The van der Waals surface area contributed by atoms with Crippen LogP contribution in [0.4, 0.5) is 0 Å². The molecule has 19 heavy (non-hydrogen) atoms. The van der Waals surface area contributed by atoms with Crippen LogP contribution in [0.2, 0.25) is 0 Å². The summed E-state index contributed by atoms with van der Waals surface area (Å²) in [5.41, 5.74) is 0.227. The first-order chi connectivity index (χ1) is 9.11. The Morgan fingerprint density at radius 1 is 1.47 bits per heavy atom. The summed E-state index contributed by atoms with van der Waals surface area (Å²) >= 11 is 3.29. The minimum atomic E-state index is -0.267. The van der Waals surface area contributed by atoms with E-state index in [-0.39, 0.29) is 23.0 Å². The number of nitrogens with one attached hydrogen (secondary N) is 3. The molecule has 0 aromatic carbocycles. The number of aromatic nitrogens is 1. The van der Waals surface area contributed by atoms with E-state index in [0.29, 0.717) is 10.0 Å². The molecule has 1 aliphatic carbocycles. The Hall–Kier alpha value is -1.14. The first-order valence-corrected chi connectivity index (χ1v) is 7.34. The predicted molar refractivity (Wildman–Crippen MR) is 75.2 cm³/mol. The van der Waals surface area contributed by atoms with Gasteiger partial charge in [-0.3, -0.25) is 9.59 Å². The smallest absolute Gasteiger partial charge is 0.252 e. The second kappa shape index (κ2) is 4.76. The number of carbonyl (C=O) groups is 1. The molecule has 1 saturated heterocycles. The zero-order chi connectivity index (χ0) is 13.5. The van der Waals surface area contributed by atoms with E-state index in [0.717, 1.165) is 25.8 Å². The second-order valence-electron chi connectivity index (χ2n) is 5.31. The van der Waals surface area contributed by atoms with E-state index in [4.69, 9.17) is 0 Å². The Bertz CT molecular complexity index is 565. The molecule has 2 fully saturated rings. The van der Waals surface area contributed by atoms with Crippen LogP contribution in [0.25, 0.3) is 0 Å². The molecule has 2 aliphatic rings. The van der Waals surface area contributed by atoms with Crippen molar-refractivity contribution < 1.29 is 4.79 Å². The van der Waals surface area contributed by atoms with Crippen LogP contribution in [0.1, 0.15) is 36.0 Å². The quantitative estimate of drug-likeness (QED) is 0.763. The molecular formula is C13H16BrN3O2. The Morgan fingerprint density at radius 3 is 2.95 bits per heavy atom. The minimum absolute atomic E-state index is 0.101. The highest BCUT2D eigenvalue weighted by Gasteiger charge is 2.47. The third-order valence-electron chi connectivity index (χ3n) is 4.25. The van der Waals surface area contributed by atoms with E-state index in [1.165, 1.54) is 18.7 Å². The van der Waals surface area contributed by atoms with Crippen molar-refractivity contribution in [2.24, 2.45) is 0 Å². The topological polar surface area (TPSA) is 74.0 Å². The van der Waals surface area contributed by atoms with E-state index < -0.39 is 0 Å². The van der Waals surface area contributed by atoms with Crippen molar-refractivity contribution >= 4 is 21.8 Å². The molecule has 0 radical (unpaired) electrons. The van der Waals surface area contributed by atoms with Gasteiger partial charge >= 0.3 is 0 Å². The van der Waals surface area contributed by atoms with Gasteiger partial charge in [-0.25, -0.2) is 0 Å². The molecule has 1 atom stereocenters.